The van der Waals surface area contributed by atoms with Crippen LogP contribution in [0.25, 0.3) is 0 Å². The standard InChI is InChI=1S/C24H30ClNO4S/c25-21-13-15-22(16-14-21)31(29,30)26-23(17-19-5-2-1-3-6-19)20-11-9-18(10-12-20)7-4-8-24(27)28/h9-16,19,23,26H,1-8,17H2,(H,27,28). The molecule has 1 fully saturated rings. The predicted molar refractivity (Wildman–Crippen MR) is 123 cm³/mol. The molecule has 1 aliphatic carbocycles. The maximum Gasteiger partial charge on any atom is 0.303 e. The fourth-order valence-electron chi connectivity index (χ4n) is 4.24. The van der Waals surface area contributed by atoms with Gasteiger partial charge in [0, 0.05) is 17.5 Å². The van der Waals surface area contributed by atoms with Crippen LogP contribution in [-0.2, 0) is 21.2 Å². The van der Waals surface area contributed by atoms with E-state index in [4.69, 9.17) is 16.7 Å². The number of sulfonamides is 1. The van der Waals surface area contributed by atoms with Crippen LogP contribution in [0.1, 0.15) is 68.5 Å². The highest BCUT2D eigenvalue weighted by molar-refractivity contribution is 7.89. The van der Waals surface area contributed by atoms with Crippen molar-refractivity contribution in [1.29, 1.82) is 0 Å². The molecule has 7 heteroatoms. The van der Waals surface area contributed by atoms with E-state index in [9.17, 15) is 13.2 Å². The Balaban J connectivity index is 1.77. The summed E-state index contributed by atoms with van der Waals surface area (Å²) in [6.45, 7) is 0. The van der Waals surface area contributed by atoms with E-state index in [0.717, 1.165) is 30.4 Å². The predicted octanol–water partition coefficient (Wildman–Crippen LogP) is 5.74. The number of aliphatic carboxylic acids is 1. The van der Waals surface area contributed by atoms with Crippen LogP contribution in [-0.4, -0.2) is 19.5 Å². The maximum absolute atomic E-state index is 13.0. The number of aryl methyl sites for hydroxylation is 1. The van der Waals surface area contributed by atoms with Gasteiger partial charge in [0.05, 0.1) is 4.90 Å². The zero-order chi connectivity index (χ0) is 22.3. The summed E-state index contributed by atoms with van der Waals surface area (Å²) < 4.78 is 29.0. The SMILES string of the molecule is O=C(O)CCCc1ccc(C(CC2CCCCC2)NS(=O)(=O)c2ccc(Cl)cc2)cc1. The van der Waals surface area contributed by atoms with Crippen LogP contribution in [0, 0.1) is 5.92 Å². The van der Waals surface area contributed by atoms with Gasteiger partial charge in [-0.3, -0.25) is 4.79 Å². The van der Waals surface area contributed by atoms with Gasteiger partial charge < -0.3 is 5.11 Å². The minimum absolute atomic E-state index is 0.146. The molecule has 3 rings (SSSR count). The van der Waals surface area contributed by atoms with Gasteiger partial charge in [0.2, 0.25) is 10.0 Å². The summed E-state index contributed by atoms with van der Waals surface area (Å²) in [5.74, 6) is -0.289. The van der Waals surface area contributed by atoms with Crippen LogP contribution < -0.4 is 4.72 Å². The molecule has 0 amide bonds. The largest absolute Gasteiger partial charge is 0.481 e. The van der Waals surface area contributed by atoms with Crippen molar-refractivity contribution in [2.45, 2.75) is 68.7 Å². The summed E-state index contributed by atoms with van der Waals surface area (Å²) in [5, 5.41) is 9.31. The molecule has 5 nitrogen and oxygen atoms in total. The summed E-state index contributed by atoms with van der Waals surface area (Å²) in [5.41, 5.74) is 1.99. The molecule has 2 N–H and O–H groups in total. The number of carbonyl (C=O) groups is 1. The van der Waals surface area contributed by atoms with E-state index in [0.29, 0.717) is 23.8 Å². The molecule has 1 unspecified atom stereocenters. The van der Waals surface area contributed by atoms with Crippen molar-refractivity contribution in [3.05, 3.63) is 64.7 Å². The normalized spacial score (nSPS) is 16.2. The van der Waals surface area contributed by atoms with Crippen molar-refractivity contribution < 1.29 is 18.3 Å². The molecule has 0 aromatic heterocycles. The van der Waals surface area contributed by atoms with E-state index in [1.165, 1.54) is 31.4 Å². The summed E-state index contributed by atoms with van der Waals surface area (Å²) in [4.78, 5) is 10.9. The number of hydrogen-bond acceptors (Lipinski definition) is 3. The lowest BCUT2D eigenvalue weighted by Gasteiger charge is -2.27. The van der Waals surface area contributed by atoms with E-state index in [-0.39, 0.29) is 17.4 Å². The lowest BCUT2D eigenvalue weighted by Crippen LogP contribution is -2.30. The molecule has 1 saturated carbocycles. The topological polar surface area (TPSA) is 83.5 Å². The van der Waals surface area contributed by atoms with Crippen LogP contribution in [0.15, 0.2) is 53.4 Å². The number of benzene rings is 2. The zero-order valence-corrected chi connectivity index (χ0v) is 19.2. The van der Waals surface area contributed by atoms with Crippen LogP contribution in [0.4, 0.5) is 0 Å². The highest BCUT2D eigenvalue weighted by atomic mass is 35.5. The van der Waals surface area contributed by atoms with Gasteiger partial charge in [0.1, 0.15) is 0 Å². The number of carboxylic acid groups (broad SMARTS) is 1. The second-order valence-corrected chi connectivity index (χ2v) is 10.5. The summed E-state index contributed by atoms with van der Waals surface area (Å²) in [6, 6.07) is 13.8. The van der Waals surface area contributed by atoms with Crippen molar-refractivity contribution in [3.8, 4) is 0 Å². The van der Waals surface area contributed by atoms with Crippen LogP contribution >= 0.6 is 11.6 Å². The Morgan fingerprint density at radius 2 is 1.68 bits per heavy atom. The van der Waals surface area contributed by atoms with Gasteiger partial charge in [-0.25, -0.2) is 13.1 Å². The first kappa shape index (κ1) is 23.8. The third kappa shape index (κ3) is 7.34. The van der Waals surface area contributed by atoms with Crippen LogP contribution in [0.5, 0.6) is 0 Å². The average Bonchev–Trinajstić information content (AvgIpc) is 2.74. The molecule has 31 heavy (non-hydrogen) atoms. The average molecular weight is 464 g/mol. The monoisotopic (exact) mass is 463 g/mol. The molecule has 0 bridgehead atoms. The number of carboxylic acids is 1. The highest BCUT2D eigenvalue weighted by Gasteiger charge is 2.25. The fourth-order valence-corrected chi connectivity index (χ4v) is 5.60. The smallest absolute Gasteiger partial charge is 0.303 e. The number of rotatable bonds is 10. The van der Waals surface area contributed by atoms with Crippen molar-refractivity contribution in [2.24, 2.45) is 5.92 Å². The molecule has 0 heterocycles. The van der Waals surface area contributed by atoms with Crippen LogP contribution in [0.3, 0.4) is 0 Å². The summed E-state index contributed by atoms with van der Waals surface area (Å²) >= 11 is 5.91. The Morgan fingerprint density at radius 1 is 1.03 bits per heavy atom. The first-order valence-corrected chi connectivity index (χ1v) is 12.8. The van der Waals surface area contributed by atoms with E-state index in [1.54, 1.807) is 12.1 Å². The number of halogens is 1. The van der Waals surface area contributed by atoms with Gasteiger partial charge in [-0.1, -0.05) is 68.0 Å². The molecular weight excluding hydrogens is 434 g/mol. The van der Waals surface area contributed by atoms with Crippen molar-refractivity contribution in [3.63, 3.8) is 0 Å². The van der Waals surface area contributed by atoms with Gasteiger partial charge >= 0.3 is 5.97 Å². The van der Waals surface area contributed by atoms with Gasteiger partial charge in [-0.05, 0) is 60.6 Å². The second-order valence-electron chi connectivity index (χ2n) is 8.36. The summed E-state index contributed by atoms with van der Waals surface area (Å²) in [6.07, 6.45) is 8.10. The van der Waals surface area contributed by atoms with Gasteiger partial charge in [0.15, 0.2) is 0 Å². The first-order chi connectivity index (χ1) is 14.8. The molecule has 2 aromatic carbocycles. The Labute approximate surface area is 189 Å². The van der Waals surface area contributed by atoms with Crippen LogP contribution in [0.2, 0.25) is 5.02 Å². The van der Waals surface area contributed by atoms with E-state index < -0.39 is 16.0 Å². The number of hydrogen-bond donors (Lipinski definition) is 2. The minimum atomic E-state index is -3.68. The molecule has 1 atom stereocenters. The Morgan fingerprint density at radius 3 is 2.29 bits per heavy atom. The highest BCUT2D eigenvalue weighted by Crippen LogP contribution is 2.33. The molecule has 1 aliphatic rings. The maximum atomic E-state index is 13.0. The molecule has 0 aliphatic heterocycles. The molecule has 168 valence electrons. The lowest BCUT2D eigenvalue weighted by atomic mass is 9.83. The first-order valence-electron chi connectivity index (χ1n) is 10.9. The minimum Gasteiger partial charge on any atom is -0.481 e. The second kappa shape index (κ2) is 11.1. The van der Waals surface area contributed by atoms with E-state index >= 15 is 0 Å². The molecule has 0 saturated heterocycles. The Kier molecular flexibility index (Phi) is 8.52. The Bertz CT molecular complexity index is 952. The summed E-state index contributed by atoms with van der Waals surface area (Å²) in [7, 11) is -3.68. The van der Waals surface area contributed by atoms with Crippen molar-refractivity contribution in [2.75, 3.05) is 0 Å². The lowest BCUT2D eigenvalue weighted by molar-refractivity contribution is -0.137. The van der Waals surface area contributed by atoms with Crippen molar-refractivity contribution in [1.82, 2.24) is 4.72 Å². The Hall–Kier alpha value is -1.89. The molecular formula is C24H30ClNO4S. The molecule has 2 aromatic rings. The van der Waals surface area contributed by atoms with Gasteiger partial charge in [0.25, 0.3) is 0 Å². The number of nitrogens with one attached hydrogen (secondary N) is 1. The van der Waals surface area contributed by atoms with Gasteiger partial charge in [-0.2, -0.15) is 0 Å². The third-order valence-electron chi connectivity index (χ3n) is 5.95. The quantitative estimate of drug-likeness (QED) is 0.470. The van der Waals surface area contributed by atoms with Crippen molar-refractivity contribution >= 4 is 27.6 Å². The molecule has 0 radical (unpaired) electrons. The third-order valence-corrected chi connectivity index (χ3v) is 7.69. The fraction of sp³-hybridized carbons (Fsp3) is 0.458. The molecule has 0 spiro atoms. The van der Waals surface area contributed by atoms with E-state index in [2.05, 4.69) is 4.72 Å². The zero-order valence-electron chi connectivity index (χ0n) is 17.6. The van der Waals surface area contributed by atoms with Gasteiger partial charge in [-0.15, -0.1) is 0 Å². The van der Waals surface area contributed by atoms with E-state index in [1.807, 2.05) is 24.3 Å².